The molecule has 6 heteroatoms. The van der Waals surface area contributed by atoms with E-state index in [2.05, 4.69) is 21.0 Å². The summed E-state index contributed by atoms with van der Waals surface area (Å²) < 4.78 is 0.486. The van der Waals surface area contributed by atoms with Gasteiger partial charge >= 0.3 is 0 Å². The van der Waals surface area contributed by atoms with Gasteiger partial charge in [0, 0.05) is 20.7 Å². The second-order valence-corrected chi connectivity index (χ2v) is 3.19. The molecule has 1 heterocycles. The minimum Gasteiger partial charge on any atom is -0.339 e. The molecule has 13 heavy (non-hydrogen) atoms. The van der Waals surface area contributed by atoms with Gasteiger partial charge in [-0.05, 0) is 12.1 Å². The highest BCUT2D eigenvalue weighted by Crippen LogP contribution is 2.22. The Hall–Kier alpha value is -1.43. The average Bonchev–Trinajstić information content (AvgIpc) is 2.45. The molecule has 1 aromatic heterocycles. The van der Waals surface area contributed by atoms with Gasteiger partial charge in [-0.1, -0.05) is 12.1 Å². The number of nitrogens with zero attached hydrogens (tertiary/aromatic N) is 3. The summed E-state index contributed by atoms with van der Waals surface area (Å²) in [6.45, 7) is 0. The molecular formula is C7H4BrN3O2. The number of benzene rings is 1. The molecule has 2 rings (SSSR count). The van der Waals surface area contributed by atoms with Crippen LogP contribution in [0.5, 0.6) is 0 Å². The van der Waals surface area contributed by atoms with E-state index in [9.17, 15) is 10.1 Å². The van der Waals surface area contributed by atoms with E-state index in [0.717, 1.165) is 10.2 Å². The van der Waals surface area contributed by atoms with Crippen molar-refractivity contribution in [2.24, 2.45) is 0 Å². The molecule has 0 saturated heterocycles. The van der Waals surface area contributed by atoms with Crippen molar-refractivity contribution in [1.82, 2.24) is 9.89 Å². The van der Waals surface area contributed by atoms with E-state index in [1.165, 1.54) is 0 Å². The van der Waals surface area contributed by atoms with E-state index in [0.29, 0.717) is 10.1 Å². The van der Waals surface area contributed by atoms with Crippen molar-refractivity contribution in [2.45, 2.75) is 0 Å². The van der Waals surface area contributed by atoms with Gasteiger partial charge in [0.15, 0.2) is 0 Å². The fourth-order valence-electron chi connectivity index (χ4n) is 1.14. The summed E-state index contributed by atoms with van der Waals surface area (Å²) in [4.78, 5) is 11.3. The summed E-state index contributed by atoms with van der Waals surface area (Å²) in [6.07, 6.45) is 0. The van der Waals surface area contributed by atoms with Crippen molar-refractivity contribution >= 4 is 26.8 Å². The molecular weight excluding hydrogens is 238 g/mol. The molecule has 0 fully saturated rings. The second-order valence-electron chi connectivity index (χ2n) is 2.44. The van der Waals surface area contributed by atoms with Crippen molar-refractivity contribution in [2.75, 3.05) is 0 Å². The van der Waals surface area contributed by atoms with Crippen LogP contribution < -0.4 is 0 Å². The molecule has 5 nitrogen and oxygen atoms in total. The van der Waals surface area contributed by atoms with Crippen LogP contribution >= 0.6 is 15.9 Å². The van der Waals surface area contributed by atoms with Gasteiger partial charge in [0.1, 0.15) is 5.52 Å². The van der Waals surface area contributed by atoms with Gasteiger partial charge in [-0.2, -0.15) is 0 Å². The molecule has 0 unspecified atom stereocenters. The third-order valence-corrected chi connectivity index (χ3v) is 2.26. The smallest absolute Gasteiger partial charge is 0.252 e. The lowest BCUT2D eigenvalue weighted by molar-refractivity contribution is -0.548. The Bertz CT molecular complexity index is 480. The van der Waals surface area contributed by atoms with Gasteiger partial charge in [-0.25, -0.2) is 0 Å². The Balaban J connectivity index is 2.85. The second kappa shape index (κ2) is 2.81. The van der Waals surface area contributed by atoms with Crippen molar-refractivity contribution in [3.05, 3.63) is 39.0 Å². The van der Waals surface area contributed by atoms with Crippen LogP contribution in [0.2, 0.25) is 0 Å². The number of nitro groups is 1. The normalized spacial score (nSPS) is 10.5. The molecule has 0 spiro atoms. The first-order valence-electron chi connectivity index (χ1n) is 3.48. The molecule has 0 saturated carbocycles. The zero-order valence-electron chi connectivity index (χ0n) is 6.35. The summed E-state index contributed by atoms with van der Waals surface area (Å²) in [7, 11) is 0. The lowest BCUT2D eigenvalue weighted by atomic mass is 10.3. The molecule has 66 valence electrons. The van der Waals surface area contributed by atoms with Crippen LogP contribution in [0.4, 0.5) is 0 Å². The van der Waals surface area contributed by atoms with Gasteiger partial charge in [0.25, 0.3) is 4.60 Å². The number of hydrogen-bond donors (Lipinski definition) is 0. The standard InChI is InChI=1S/C7H4BrN3O2/c8-7-5-3-1-2-4-6(5)10(9-7)11(12)13/h1-4H. The molecule has 1 aromatic carbocycles. The van der Waals surface area contributed by atoms with Gasteiger partial charge in [0.2, 0.25) is 0 Å². The largest absolute Gasteiger partial charge is 0.339 e. The van der Waals surface area contributed by atoms with Crippen LogP contribution in [-0.2, 0) is 0 Å². The maximum absolute atomic E-state index is 10.5. The third-order valence-electron chi connectivity index (χ3n) is 1.68. The third kappa shape index (κ3) is 1.19. The maximum atomic E-state index is 10.5. The maximum Gasteiger partial charge on any atom is 0.252 e. The minimum atomic E-state index is -0.562. The van der Waals surface area contributed by atoms with E-state index in [1.807, 2.05) is 0 Å². The highest BCUT2D eigenvalue weighted by molar-refractivity contribution is 9.10. The van der Waals surface area contributed by atoms with Crippen LogP contribution in [0.3, 0.4) is 0 Å². The summed E-state index contributed by atoms with van der Waals surface area (Å²) in [6, 6.07) is 6.96. The van der Waals surface area contributed by atoms with E-state index < -0.39 is 5.03 Å². The van der Waals surface area contributed by atoms with E-state index in [-0.39, 0.29) is 0 Å². The number of hydrogen-bond acceptors (Lipinski definition) is 3. The van der Waals surface area contributed by atoms with Crippen LogP contribution in [0.25, 0.3) is 10.9 Å². The highest BCUT2D eigenvalue weighted by atomic mass is 79.9. The molecule has 0 bridgehead atoms. The summed E-state index contributed by atoms with van der Waals surface area (Å²) in [5, 5.41) is 14.4. The molecule has 0 N–H and O–H groups in total. The van der Waals surface area contributed by atoms with E-state index in [4.69, 9.17) is 0 Å². The molecule has 0 radical (unpaired) electrons. The lowest BCUT2D eigenvalue weighted by Gasteiger charge is -1.91. The minimum absolute atomic E-state index is 0.486. The number of rotatable bonds is 1. The van der Waals surface area contributed by atoms with E-state index >= 15 is 0 Å². The Morgan fingerprint density at radius 1 is 1.46 bits per heavy atom. The topological polar surface area (TPSA) is 61.0 Å². The van der Waals surface area contributed by atoms with Gasteiger partial charge < -0.3 is 10.1 Å². The molecule has 0 aliphatic heterocycles. The van der Waals surface area contributed by atoms with Gasteiger partial charge in [-0.15, -0.1) is 0 Å². The number of para-hydroxylation sites is 1. The molecule has 0 aliphatic carbocycles. The summed E-state index contributed by atoms with van der Waals surface area (Å²) in [5.74, 6) is 0. The first kappa shape index (κ1) is 8.18. The summed E-state index contributed by atoms with van der Waals surface area (Å²) in [5.41, 5.74) is 0.486. The van der Waals surface area contributed by atoms with Gasteiger partial charge in [-0.3, -0.25) is 0 Å². The molecule has 0 amide bonds. The SMILES string of the molecule is O=[N+]([O-])n1nc(Br)c2ccccc21. The Morgan fingerprint density at radius 2 is 2.15 bits per heavy atom. The van der Waals surface area contributed by atoms with Crippen molar-refractivity contribution < 1.29 is 5.03 Å². The quantitative estimate of drug-likeness (QED) is 0.566. The first-order valence-corrected chi connectivity index (χ1v) is 4.27. The molecule has 0 aliphatic rings. The van der Waals surface area contributed by atoms with Crippen LogP contribution in [-0.4, -0.2) is 14.9 Å². The van der Waals surface area contributed by atoms with Crippen LogP contribution in [0, 0.1) is 10.1 Å². The number of halogens is 1. The summed E-state index contributed by atoms with van der Waals surface area (Å²) >= 11 is 3.15. The lowest BCUT2D eigenvalue weighted by Crippen LogP contribution is -2.09. The monoisotopic (exact) mass is 241 g/mol. The Labute approximate surface area is 81.2 Å². The Morgan fingerprint density at radius 3 is 2.85 bits per heavy atom. The van der Waals surface area contributed by atoms with Crippen LogP contribution in [0.15, 0.2) is 28.9 Å². The van der Waals surface area contributed by atoms with Crippen LogP contribution in [0.1, 0.15) is 0 Å². The zero-order chi connectivity index (χ0) is 9.42. The zero-order valence-corrected chi connectivity index (χ0v) is 7.93. The van der Waals surface area contributed by atoms with E-state index in [1.54, 1.807) is 24.3 Å². The predicted octanol–water partition coefficient (Wildman–Crippen LogP) is 1.84. The molecule has 2 aromatic rings. The Kier molecular flexibility index (Phi) is 1.77. The number of fused-ring (bicyclic) bond motifs is 1. The highest BCUT2D eigenvalue weighted by Gasteiger charge is 2.16. The number of aromatic nitrogens is 2. The fourth-order valence-corrected chi connectivity index (χ4v) is 1.62. The molecule has 0 atom stereocenters. The fraction of sp³-hybridized carbons (Fsp3) is 0. The average molecular weight is 242 g/mol. The van der Waals surface area contributed by atoms with Crippen molar-refractivity contribution in [1.29, 1.82) is 0 Å². The van der Waals surface area contributed by atoms with Crippen molar-refractivity contribution in [3.63, 3.8) is 0 Å². The first-order chi connectivity index (χ1) is 6.20. The van der Waals surface area contributed by atoms with Gasteiger partial charge in [0.05, 0.1) is 15.5 Å². The van der Waals surface area contributed by atoms with Crippen molar-refractivity contribution in [3.8, 4) is 0 Å². The predicted molar refractivity (Wildman–Crippen MR) is 49.8 cm³/mol.